The van der Waals surface area contributed by atoms with Crippen molar-refractivity contribution in [3.8, 4) is 0 Å². The van der Waals surface area contributed by atoms with E-state index < -0.39 is 0 Å². The van der Waals surface area contributed by atoms with Crippen molar-refractivity contribution >= 4 is 0 Å². The molecule has 3 rings (SSSR count). The molecular formula is C18H28N2O. The molecule has 0 amide bonds. The number of hydrogen-bond acceptors (Lipinski definition) is 3. The van der Waals surface area contributed by atoms with Gasteiger partial charge in [-0.2, -0.15) is 0 Å². The van der Waals surface area contributed by atoms with Gasteiger partial charge in [-0.15, -0.1) is 0 Å². The van der Waals surface area contributed by atoms with Gasteiger partial charge in [-0.25, -0.2) is 0 Å². The number of rotatable bonds is 5. The first-order valence-electron chi connectivity index (χ1n) is 8.37. The Morgan fingerprint density at radius 2 is 1.76 bits per heavy atom. The molecule has 2 unspecified atom stereocenters. The lowest BCUT2D eigenvalue weighted by Gasteiger charge is -2.33. The van der Waals surface area contributed by atoms with Crippen LogP contribution < -0.4 is 0 Å². The van der Waals surface area contributed by atoms with Crippen LogP contribution in [0.5, 0.6) is 0 Å². The van der Waals surface area contributed by atoms with Crippen LogP contribution in [0.3, 0.4) is 0 Å². The molecule has 21 heavy (non-hydrogen) atoms. The van der Waals surface area contributed by atoms with Crippen molar-refractivity contribution in [1.29, 1.82) is 0 Å². The van der Waals surface area contributed by atoms with Crippen molar-refractivity contribution < 1.29 is 4.74 Å². The Bertz CT molecular complexity index is 422. The molecule has 2 aliphatic heterocycles. The van der Waals surface area contributed by atoms with Gasteiger partial charge in [-0.3, -0.25) is 4.90 Å². The Morgan fingerprint density at radius 1 is 1.00 bits per heavy atom. The average molecular weight is 288 g/mol. The van der Waals surface area contributed by atoms with Crippen LogP contribution in [0.15, 0.2) is 30.3 Å². The van der Waals surface area contributed by atoms with Crippen molar-refractivity contribution in [2.24, 2.45) is 0 Å². The number of piperidine rings is 1. The van der Waals surface area contributed by atoms with Gasteiger partial charge in [0, 0.05) is 33.3 Å². The summed E-state index contributed by atoms with van der Waals surface area (Å²) in [4.78, 5) is 5.21. The van der Waals surface area contributed by atoms with Crippen molar-refractivity contribution in [3.63, 3.8) is 0 Å². The van der Waals surface area contributed by atoms with E-state index in [-0.39, 0.29) is 0 Å². The molecule has 2 aliphatic rings. The number of hydrogen-bond donors (Lipinski definition) is 0. The maximum absolute atomic E-state index is 5.51. The Balaban J connectivity index is 1.43. The first-order valence-corrected chi connectivity index (χ1v) is 8.37. The molecule has 0 aromatic heterocycles. The van der Waals surface area contributed by atoms with Crippen LogP contribution in [-0.4, -0.2) is 62.3 Å². The summed E-state index contributed by atoms with van der Waals surface area (Å²) in [6.07, 6.45) is 4.28. The standard InChI is InChI=1S/C18H28N2O/c1-21-18-8-5-10-19(15-18)12-13-20-11-9-17(14-20)16-6-3-2-4-7-16/h2-4,6-7,17-18H,5,8-15H2,1H3. The zero-order valence-electron chi connectivity index (χ0n) is 13.2. The molecule has 2 fully saturated rings. The van der Waals surface area contributed by atoms with E-state index in [1.165, 1.54) is 57.5 Å². The zero-order chi connectivity index (χ0) is 14.5. The summed E-state index contributed by atoms with van der Waals surface area (Å²) in [6, 6.07) is 11.0. The van der Waals surface area contributed by atoms with Gasteiger partial charge in [0.15, 0.2) is 0 Å². The second kappa shape index (κ2) is 7.39. The molecule has 3 heteroatoms. The van der Waals surface area contributed by atoms with Crippen LogP contribution in [-0.2, 0) is 4.74 Å². The Hall–Kier alpha value is -0.900. The SMILES string of the molecule is COC1CCCN(CCN2CCC(c3ccccc3)C2)C1. The molecule has 0 saturated carbocycles. The second-order valence-corrected chi connectivity index (χ2v) is 6.50. The highest BCUT2D eigenvalue weighted by atomic mass is 16.5. The fourth-order valence-electron chi connectivity index (χ4n) is 3.72. The van der Waals surface area contributed by atoms with Crippen molar-refractivity contribution in [3.05, 3.63) is 35.9 Å². The van der Waals surface area contributed by atoms with E-state index in [4.69, 9.17) is 4.74 Å². The lowest BCUT2D eigenvalue weighted by Crippen LogP contribution is -2.42. The molecule has 0 bridgehead atoms. The summed E-state index contributed by atoms with van der Waals surface area (Å²) in [5, 5.41) is 0. The molecule has 1 aromatic carbocycles. The van der Waals surface area contributed by atoms with Gasteiger partial charge >= 0.3 is 0 Å². The fraction of sp³-hybridized carbons (Fsp3) is 0.667. The molecular weight excluding hydrogens is 260 g/mol. The van der Waals surface area contributed by atoms with Crippen LogP contribution >= 0.6 is 0 Å². The quantitative estimate of drug-likeness (QED) is 0.828. The predicted octanol–water partition coefficient (Wildman–Crippen LogP) is 2.59. The largest absolute Gasteiger partial charge is 0.380 e. The van der Waals surface area contributed by atoms with Gasteiger partial charge in [0.05, 0.1) is 6.10 Å². The highest BCUT2D eigenvalue weighted by Gasteiger charge is 2.25. The molecule has 1 aromatic rings. The maximum atomic E-state index is 5.51. The molecule has 0 radical (unpaired) electrons. The van der Waals surface area contributed by atoms with Crippen LogP contribution in [0.25, 0.3) is 0 Å². The van der Waals surface area contributed by atoms with Gasteiger partial charge in [0.25, 0.3) is 0 Å². The summed E-state index contributed by atoms with van der Waals surface area (Å²) in [5.74, 6) is 0.735. The van der Waals surface area contributed by atoms with Gasteiger partial charge < -0.3 is 9.64 Å². The van der Waals surface area contributed by atoms with E-state index >= 15 is 0 Å². The van der Waals surface area contributed by atoms with Crippen LogP contribution in [0.2, 0.25) is 0 Å². The summed E-state index contributed by atoms with van der Waals surface area (Å²) < 4.78 is 5.51. The molecule has 0 spiro atoms. The Labute approximate surface area is 128 Å². The predicted molar refractivity (Wildman–Crippen MR) is 86.7 cm³/mol. The second-order valence-electron chi connectivity index (χ2n) is 6.50. The summed E-state index contributed by atoms with van der Waals surface area (Å²) in [5.41, 5.74) is 1.51. The maximum Gasteiger partial charge on any atom is 0.0698 e. The lowest BCUT2D eigenvalue weighted by atomic mass is 9.99. The molecule has 0 N–H and O–H groups in total. The van der Waals surface area contributed by atoms with Gasteiger partial charge in [0.2, 0.25) is 0 Å². The first kappa shape index (κ1) is 15.0. The number of benzene rings is 1. The Morgan fingerprint density at radius 3 is 2.52 bits per heavy atom. The molecule has 0 aliphatic carbocycles. The summed E-state index contributed by atoms with van der Waals surface area (Å²) in [6.45, 7) is 7.25. The smallest absolute Gasteiger partial charge is 0.0698 e. The minimum atomic E-state index is 0.453. The van der Waals surface area contributed by atoms with Crippen molar-refractivity contribution in [1.82, 2.24) is 9.80 Å². The van der Waals surface area contributed by atoms with E-state index in [0.717, 1.165) is 12.5 Å². The van der Waals surface area contributed by atoms with Crippen LogP contribution in [0, 0.1) is 0 Å². The summed E-state index contributed by atoms with van der Waals surface area (Å²) >= 11 is 0. The minimum absolute atomic E-state index is 0.453. The molecule has 2 atom stereocenters. The highest BCUT2D eigenvalue weighted by Crippen LogP contribution is 2.26. The lowest BCUT2D eigenvalue weighted by molar-refractivity contribution is 0.0288. The van der Waals surface area contributed by atoms with E-state index in [1.54, 1.807) is 0 Å². The minimum Gasteiger partial charge on any atom is -0.380 e. The number of nitrogens with zero attached hydrogens (tertiary/aromatic N) is 2. The molecule has 2 saturated heterocycles. The molecule has 116 valence electrons. The number of ether oxygens (including phenoxy) is 1. The van der Waals surface area contributed by atoms with Gasteiger partial charge in [-0.05, 0) is 43.8 Å². The van der Waals surface area contributed by atoms with Crippen molar-refractivity contribution in [2.45, 2.75) is 31.3 Å². The molecule has 3 nitrogen and oxygen atoms in total. The average Bonchev–Trinajstić information content (AvgIpc) is 3.03. The zero-order valence-corrected chi connectivity index (χ0v) is 13.2. The topological polar surface area (TPSA) is 15.7 Å². The first-order chi connectivity index (χ1) is 10.3. The normalized spacial score (nSPS) is 28.0. The van der Waals surface area contributed by atoms with Crippen LogP contribution in [0.1, 0.15) is 30.7 Å². The van der Waals surface area contributed by atoms with Crippen molar-refractivity contribution in [2.75, 3.05) is 46.4 Å². The third kappa shape index (κ3) is 4.06. The third-order valence-electron chi connectivity index (χ3n) is 5.07. The van der Waals surface area contributed by atoms with E-state index in [2.05, 4.69) is 40.1 Å². The highest BCUT2D eigenvalue weighted by molar-refractivity contribution is 5.20. The molecule has 2 heterocycles. The third-order valence-corrected chi connectivity index (χ3v) is 5.07. The summed E-state index contributed by atoms with van der Waals surface area (Å²) in [7, 11) is 1.85. The van der Waals surface area contributed by atoms with E-state index in [0.29, 0.717) is 6.10 Å². The number of methoxy groups -OCH3 is 1. The number of likely N-dealkylation sites (tertiary alicyclic amines) is 2. The van der Waals surface area contributed by atoms with Gasteiger partial charge in [-0.1, -0.05) is 30.3 Å². The van der Waals surface area contributed by atoms with E-state index in [9.17, 15) is 0 Å². The Kier molecular flexibility index (Phi) is 5.28. The van der Waals surface area contributed by atoms with Crippen LogP contribution in [0.4, 0.5) is 0 Å². The van der Waals surface area contributed by atoms with Gasteiger partial charge in [0.1, 0.15) is 0 Å². The van der Waals surface area contributed by atoms with E-state index in [1.807, 2.05) is 7.11 Å². The monoisotopic (exact) mass is 288 g/mol. The fourth-order valence-corrected chi connectivity index (χ4v) is 3.72.